The minimum Gasteiger partial charge on any atom is -0.362 e. The van der Waals surface area contributed by atoms with E-state index in [-0.39, 0.29) is 24.7 Å². The van der Waals surface area contributed by atoms with Crippen LogP contribution in [0.3, 0.4) is 0 Å². The van der Waals surface area contributed by atoms with Gasteiger partial charge in [0.05, 0.1) is 6.04 Å². The maximum atomic E-state index is 11.8. The summed E-state index contributed by atoms with van der Waals surface area (Å²) < 4.78 is 5.75. The van der Waals surface area contributed by atoms with Crippen molar-refractivity contribution in [2.45, 2.75) is 31.4 Å². The fourth-order valence-corrected chi connectivity index (χ4v) is 2.90. The molecule has 2 fully saturated rings. The molecule has 2 atom stereocenters. The monoisotopic (exact) mass is 231 g/mol. The number of amides is 1. The van der Waals surface area contributed by atoms with E-state index < -0.39 is 0 Å². The van der Waals surface area contributed by atoms with Gasteiger partial charge in [0.1, 0.15) is 12.7 Å². The smallest absolute Gasteiger partial charge is 0.248 e. The molecule has 0 saturated carbocycles. The lowest BCUT2D eigenvalue weighted by molar-refractivity contribution is -0.160. The summed E-state index contributed by atoms with van der Waals surface area (Å²) in [5, 5.41) is 0. The summed E-state index contributed by atoms with van der Waals surface area (Å²) in [6, 6.07) is 10.5. The number of hydrogen-bond donors (Lipinski definition) is 0. The predicted molar refractivity (Wildman–Crippen MR) is 64.5 cm³/mol. The zero-order valence-corrected chi connectivity index (χ0v) is 9.84. The first-order valence-electron chi connectivity index (χ1n) is 6.32. The van der Waals surface area contributed by atoms with E-state index in [2.05, 4.69) is 12.1 Å². The number of nitrogens with zero attached hydrogens (tertiary/aromatic N) is 1. The standard InChI is InChI=1S/C14H17NO2/c16-13-10-17-14(11-6-2-1-3-7-11)12-8-4-5-9-15(12)13/h1-3,6-7,12,14H,4-5,8-10H2/t12-,14-/m0/s1. The van der Waals surface area contributed by atoms with Crippen LogP contribution in [0.25, 0.3) is 0 Å². The van der Waals surface area contributed by atoms with Gasteiger partial charge in [0.2, 0.25) is 5.91 Å². The first-order chi connectivity index (χ1) is 8.36. The van der Waals surface area contributed by atoms with E-state index in [1.165, 1.54) is 12.0 Å². The Morgan fingerprint density at radius 2 is 2.00 bits per heavy atom. The van der Waals surface area contributed by atoms with Crippen LogP contribution in [0.15, 0.2) is 30.3 Å². The van der Waals surface area contributed by atoms with Crippen LogP contribution in [0, 0.1) is 0 Å². The Labute approximate surface area is 101 Å². The van der Waals surface area contributed by atoms with Gasteiger partial charge in [-0.1, -0.05) is 30.3 Å². The van der Waals surface area contributed by atoms with Gasteiger partial charge in [0, 0.05) is 6.54 Å². The average molecular weight is 231 g/mol. The molecule has 1 aromatic carbocycles. The van der Waals surface area contributed by atoms with Gasteiger partial charge in [0.15, 0.2) is 0 Å². The molecular weight excluding hydrogens is 214 g/mol. The van der Waals surface area contributed by atoms with Crippen LogP contribution in [-0.4, -0.2) is 30.0 Å². The second-order valence-corrected chi connectivity index (χ2v) is 4.79. The number of piperidine rings is 1. The molecule has 1 amide bonds. The second-order valence-electron chi connectivity index (χ2n) is 4.79. The molecule has 3 nitrogen and oxygen atoms in total. The van der Waals surface area contributed by atoms with E-state index in [1.54, 1.807) is 0 Å². The Kier molecular flexibility index (Phi) is 2.85. The first-order valence-corrected chi connectivity index (χ1v) is 6.32. The van der Waals surface area contributed by atoms with Gasteiger partial charge in [-0.2, -0.15) is 0 Å². The third-order valence-electron chi connectivity index (χ3n) is 3.73. The maximum Gasteiger partial charge on any atom is 0.248 e. The molecule has 90 valence electrons. The molecule has 0 aliphatic carbocycles. The molecule has 3 heteroatoms. The number of carbonyl (C=O) groups excluding carboxylic acids is 1. The zero-order valence-electron chi connectivity index (χ0n) is 9.84. The van der Waals surface area contributed by atoms with Gasteiger partial charge >= 0.3 is 0 Å². The van der Waals surface area contributed by atoms with E-state index >= 15 is 0 Å². The van der Waals surface area contributed by atoms with Crippen LogP contribution in [0.2, 0.25) is 0 Å². The molecule has 0 radical (unpaired) electrons. The van der Waals surface area contributed by atoms with Crippen LogP contribution in [-0.2, 0) is 9.53 Å². The lowest BCUT2D eigenvalue weighted by atomic mass is 9.91. The van der Waals surface area contributed by atoms with E-state index in [4.69, 9.17) is 4.74 Å². The highest BCUT2D eigenvalue weighted by atomic mass is 16.5. The number of benzene rings is 1. The van der Waals surface area contributed by atoms with Crippen LogP contribution in [0.1, 0.15) is 30.9 Å². The summed E-state index contributed by atoms with van der Waals surface area (Å²) >= 11 is 0. The van der Waals surface area contributed by atoms with Crippen LogP contribution >= 0.6 is 0 Å². The van der Waals surface area contributed by atoms with Gasteiger partial charge in [-0.25, -0.2) is 0 Å². The minimum absolute atomic E-state index is 0.0641. The second kappa shape index (κ2) is 4.49. The van der Waals surface area contributed by atoms with Crippen LogP contribution in [0.5, 0.6) is 0 Å². The summed E-state index contributed by atoms with van der Waals surface area (Å²) in [6.45, 7) is 1.13. The summed E-state index contributed by atoms with van der Waals surface area (Å²) in [7, 11) is 0. The van der Waals surface area contributed by atoms with Crippen molar-refractivity contribution in [3.63, 3.8) is 0 Å². The molecule has 0 N–H and O–H groups in total. The molecule has 0 aromatic heterocycles. The van der Waals surface area contributed by atoms with Crippen molar-refractivity contribution < 1.29 is 9.53 Å². The van der Waals surface area contributed by atoms with Crippen molar-refractivity contribution in [1.82, 2.24) is 4.90 Å². The number of fused-ring (bicyclic) bond motifs is 1. The van der Waals surface area contributed by atoms with Gasteiger partial charge in [-0.05, 0) is 24.8 Å². The predicted octanol–water partition coefficient (Wildman–Crippen LogP) is 2.14. The zero-order chi connectivity index (χ0) is 11.7. The molecule has 2 heterocycles. The normalized spacial score (nSPS) is 28.9. The topological polar surface area (TPSA) is 29.5 Å². The molecule has 2 saturated heterocycles. The number of carbonyl (C=O) groups is 1. The van der Waals surface area contributed by atoms with Gasteiger partial charge in [0.25, 0.3) is 0 Å². The van der Waals surface area contributed by atoms with E-state index in [1.807, 2.05) is 23.1 Å². The van der Waals surface area contributed by atoms with E-state index in [9.17, 15) is 4.79 Å². The fourth-order valence-electron chi connectivity index (χ4n) is 2.90. The Hall–Kier alpha value is -1.35. The highest BCUT2D eigenvalue weighted by molar-refractivity contribution is 5.78. The lowest BCUT2D eigenvalue weighted by Gasteiger charge is -2.44. The summed E-state index contributed by atoms with van der Waals surface area (Å²) in [5.41, 5.74) is 1.19. The summed E-state index contributed by atoms with van der Waals surface area (Å²) in [4.78, 5) is 13.8. The lowest BCUT2D eigenvalue weighted by Crippen LogP contribution is -2.52. The molecule has 17 heavy (non-hydrogen) atoms. The molecule has 1 aromatic rings. The van der Waals surface area contributed by atoms with Crippen molar-refractivity contribution >= 4 is 5.91 Å². The maximum absolute atomic E-state index is 11.8. The number of hydrogen-bond acceptors (Lipinski definition) is 2. The number of rotatable bonds is 1. The van der Waals surface area contributed by atoms with Crippen LogP contribution < -0.4 is 0 Å². The summed E-state index contributed by atoms with van der Waals surface area (Å²) in [5.74, 6) is 0.155. The van der Waals surface area contributed by atoms with Crippen molar-refractivity contribution in [2.75, 3.05) is 13.2 Å². The van der Waals surface area contributed by atoms with Crippen molar-refractivity contribution in [2.24, 2.45) is 0 Å². The van der Waals surface area contributed by atoms with Crippen LogP contribution in [0.4, 0.5) is 0 Å². The fraction of sp³-hybridized carbons (Fsp3) is 0.500. The molecule has 0 spiro atoms. The quantitative estimate of drug-likeness (QED) is 0.741. The Morgan fingerprint density at radius 3 is 2.82 bits per heavy atom. The van der Waals surface area contributed by atoms with Crippen molar-refractivity contribution in [1.29, 1.82) is 0 Å². The largest absolute Gasteiger partial charge is 0.362 e. The molecule has 2 aliphatic rings. The Morgan fingerprint density at radius 1 is 1.18 bits per heavy atom. The molecule has 2 aliphatic heterocycles. The van der Waals surface area contributed by atoms with Crippen molar-refractivity contribution in [3.8, 4) is 0 Å². The number of morpholine rings is 1. The SMILES string of the molecule is O=C1CO[C@@H](c2ccccc2)[C@@H]2CCCCN12. The summed E-state index contributed by atoms with van der Waals surface area (Å²) in [6.07, 6.45) is 3.45. The molecule has 0 bridgehead atoms. The third kappa shape index (κ3) is 1.95. The highest BCUT2D eigenvalue weighted by Gasteiger charge is 2.38. The Balaban J connectivity index is 1.87. The minimum atomic E-state index is 0.0641. The molecule has 0 unspecified atom stereocenters. The number of ether oxygens (including phenoxy) is 1. The average Bonchev–Trinajstić information content (AvgIpc) is 2.41. The van der Waals surface area contributed by atoms with Gasteiger partial charge in [-0.3, -0.25) is 4.79 Å². The van der Waals surface area contributed by atoms with Crippen molar-refractivity contribution in [3.05, 3.63) is 35.9 Å². The first kappa shape index (κ1) is 10.8. The third-order valence-corrected chi connectivity index (χ3v) is 3.73. The highest BCUT2D eigenvalue weighted by Crippen LogP contribution is 2.34. The van der Waals surface area contributed by atoms with Gasteiger partial charge in [-0.15, -0.1) is 0 Å². The Bertz CT molecular complexity index is 404. The van der Waals surface area contributed by atoms with E-state index in [0.29, 0.717) is 0 Å². The molecule has 3 rings (SSSR count). The van der Waals surface area contributed by atoms with E-state index in [0.717, 1.165) is 19.4 Å². The van der Waals surface area contributed by atoms with Gasteiger partial charge < -0.3 is 9.64 Å². The molecular formula is C14H17NO2.